The second kappa shape index (κ2) is 10.1. The number of thioether (sulfide) groups is 1. The molecule has 1 unspecified atom stereocenters. The van der Waals surface area contributed by atoms with Crippen molar-refractivity contribution in [3.05, 3.63) is 84.2 Å². The van der Waals surface area contributed by atoms with Crippen LogP contribution < -0.4 is 19.5 Å². The number of para-hydroxylation sites is 2. The number of amides is 1. The zero-order valence-corrected chi connectivity index (χ0v) is 20.1. The van der Waals surface area contributed by atoms with E-state index in [4.69, 9.17) is 14.2 Å². The van der Waals surface area contributed by atoms with Crippen molar-refractivity contribution in [2.24, 2.45) is 7.05 Å². The number of aryl methyl sites for hydroxylation is 1. The van der Waals surface area contributed by atoms with Gasteiger partial charge in [0.05, 0.1) is 5.75 Å². The van der Waals surface area contributed by atoms with Crippen LogP contribution in [0.4, 0.5) is 5.69 Å². The summed E-state index contributed by atoms with van der Waals surface area (Å²) < 4.78 is 19.5. The molecule has 8 nitrogen and oxygen atoms in total. The number of hydrogen-bond donors (Lipinski definition) is 1. The number of ether oxygens (including phenoxy) is 3. The van der Waals surface area contributed by atoms with E-state index in [1.54, 1.807) is 0 Å². The summed E-state index contributed by atoms with van der Waals surface area (Å²) in [5.74, 6) is 3.56. The zero-order valence-electron chi connectivity index (χ0n) is 19.3. The molecule has 1 aliphatic heterocycles. The Labute approximate surface area is 207 Å². The number of carbonyl (C=O) groups excluding carboxylic acids is 1. The topological polar surface area (TPSA) is 87.5 Å². The van der Waals surface area contributed by atoms with Crippen LogP contribution >= 0.6 is 11.8 Å². The van der Waals surface area contributed by atoms with Gasteiger partial charge in [-0.25, -0.2) is 0 Å². The molecule has 2 heterocycles. The van der Waals surface area contributed by atoms with E-state index in [9.17, 15) is 4.79 Å². The maximum absolute atomic E-state index is 12.5. The maximum atomic E-state index is 12.5. The van der Waals surface area contributed by atoms with Crippen LogP contribution in [-0.4, -0.2) is 33.0 Å². The summed E-state index contributed by atoms with van der Waals surface area (Å²) in [5.41, 5.74) is 1.82. The van der Waals surface area contributed by atoms with Gasteiger partial charge in [0.2, 0.25) is 5.91 Å². The molecule has 35 heavy (non-hydrogen) atoms. The third-order valence-corrected chi connectivity index (χ3v) is 6.38. The number of anilines is 1. The van der Waals surface area contributed by atoms with Crippen LogP contribution in [0.1, 0.15) is 17.5 Å². The first-order chi connectivity index (χ1) is 17.0. The first-order valence-electron chi connectivity index (χ1n) is 11.1. The summed E-state index contributed by atoms with van der Waals surface area (Å²) in [4.78, 5) is 12.5. The third-order valence-electron chi connectivity index (χ3n) is 5.36. The molecule has 0 aliphatic carbocycles. The Hall–Kier alpha value is -3.98. The predicted molar refractivity (Wildman–Crippen MR) is 133 cm³/mol. The van der Waals surface area contributed by atoms with E-state index >= 15 is 0 Å². The first-order valence-corrected chi connectivity index (χ1v) is 12.1. The molecule has 0 bridgehead atoms. The predicted octanol–water partition coefficient (Wildman–Crippen LogP) is 5.16. The summed E-state index contributed by atoms with van der Waals surface area (Å²) in [6.45, 7) is 2.36. The van der Waals surface area contributed by atoms with Gasteiger partial charge in [-0.3, -0.25) is 4.79 Å². The number of hydrogen-bond acceptors (Lipinski definition) is 7. The van der Waals surface area contributed by atoms with Crippen LogP contribution in [0, 0.1) is 6.92 Å². The molecule has 1 aromatic heterocycles. The minimum absolute atomic E-state index is 0.141. The minimum atomic E-state index is -0.369. The van der Waals surface area contributed by atoms with Gasteiger partial charge in [-0.2, -0.15) is 0 Å². The van der Waals surface area contributed by atoms with Crippen LogP contribution in [0.5, 0.6) is 23.0 Å². The quantitative estimate of drug-likeness (QED) is 0.360. The van der Waals surface area contributed by atoms with Crippen LogP contribution in [0.25, 0.3) is 0 Å². The highest BCUT2D eigenvalue weighted by Crippen LogP contribution is 2.35. The van der Waals surface area contributed by atoms with E-state index in [0.717, 1.165) is 11.3 Å². The molecule has 0 fully saturated rings. The van der Waals surface area contributed by atoms with Gasteiger partial charge in [-0.05, 0) is 61.0 Å². The second-order valence-electron chi connectivity index (χ2n) is 8.04. The highest BCUT2D eigenvalue weighted by atomic mass is 32.2. The van der Waals surface area contributed by atoms with E-state index < -0.39 is 0 Å². The van der Waals surface area contributed by atoms with Crippen LogP contribution in [0.2, 0.25) is 0 Å². The van der Waals surface area contributed by atoms with Gasteiger partial charge in [-0.15, -0.1) is 10.2 Å². The van der Waals surface area contributed by atoms with Crippen LogP contribution in [0.15, 0.2) is 78.0 Å². The number of aromatic nitrogens is 3. The van der Waals surface area contributed by atoms with Gasteiger partial charge in [0.15, 0.2) is 28.6 Å². The van der Waals surface area contributed by atoms with Crippen LogP contribution in [0.3, 0.4) is 0 Å². The van der Waals surface area contributed by atoms with Crippen molar-refractivity contribution in [3.8, 4) is 23.0 Å². The lowest BCUT2D eigenvalue weighted by molar-refractivity contribution is -0.113. The molecule has 0 saturated heterocycles. The molecule has 1 N–H and O–H groups in total. The summed E-state index contributed by atoms with van der Waals surface area (Å²) in [6.07, 6.45) is -0.369. The molecule has 5 rings (SSSR count). The smallest absolute Gasteiger partial charge is 0.234 e. The lowest BCUT2D eigenvalue weighted by atomic mass is 10.2. The Morgan fingerprint density at radius 1 is 1.06 bits per heavy atom. The normalized spacial score (nSPS) is 14.4. The SMILES string of the molecule is Cc1cccc(Oc2ccc(NC(=O)CSc3nnc(C4COc5ccccc5O4)n3C)cc2)c1. The number of benzene rings is 3. The van der Waals surface area contributed by atoms with Crippen molar-refractivity contribution in [2.75, 3.05) is 17.7 Å². The highest BCUT2D eigenvalue weighted by Gasteiger charge is 2.27. The molecule has 0 radical (unpaired) electrons. The molecule has 3 aromatic carbocycles. The molecule has 1 amide bonds. The average Bonchev–Trinajstić information content (AvgIpc) is 3.24. The second-order valence-corrected chi connectivity index (χ2v) is 8.99. The Morgan fingerprint density at radius 3 is 2.66 bits per heavy atom. The molecular formula is C26H24N4O4S. The average molecular weight is 489 g/mol. The fourth-order valence-electron chi connectivity index (χ4n) is 3.63. The van der Waals surface area contributed by atoms with E-state index in [0.29, 0.717) is 40.5 Å². The van der Waals surface area contributed by atoms with Gasteiger partial charge >= 0.3 is 0 Å². The van der Waals surface area contributed by atoms with Gasteiger partial charge in [-0.1, -0.05) is 36.0 Å². The minimum Gasteiger partial charge on any atom is -0.485 e. The molecule has 1 aliphatic rings. The van der Waals surface area contributed by atoms with E-state index in [1.165, 1.54) is 11.8 Å². The number of nitrogens with one attached hydrogen (secondary N) is 1. The van der Waals surface area contributed by atoms with Gasteiger partial charge in [0.1, 0.15) is 18.1 Å². The standard InChI is InChI=1S/C26H24N4O4S/c1-17-6-5-7-20(14-17)33-19-12-10-18(11-13-19)27-24(31)16-35-26-29-28-25(30(26)2)23-15-32-21-8-3-4-9-22(21)34-23/h3-14,23H,15-16H2,1-2H3,(H,27,31). The van der Waals surface area contributed by atoms with E-state index in [2.05, 4.69) is 15.5 Å². The summed E-state index contributed by atoms with van der Waals surface area (Å²) in [6, 6.07) is 22.6. The summed E-state index contributed by atoms with van der Waals surface area (Å²) in [7, 11) is 1.85. The molecular weight excluding hydrogens is 464 g/mol. The largest absolute Gasteiger partial charge is 0.485 e. The van der Waals surface area contributed by atoms with Crippen molar-refractivity contribution in [2.45, 2.75) is 18.2 Å². The van der Waals surface area contributed by atoms with Crippen molar-refractivity contribution in [1.82, 2.24) is 14.8 Å². The molecule has 4 aromatic rings. The van der Waals surface area contributed by atoms with Crippen LogP contribution in [-0.2, 0) is 11.8 Å². The highest BCUT2D eigenvalue weighted by molar-refractivity contribution is 7.99. The number of nitrogens with zero attached hydrogens (tertiary/aromatic N) is 3. The fourth-order valence-corrected chi connectivity index (χ4v) is 4.35. The number of rotatable bonds is 7. The molecule has 178 valence electrons. The third kappa shape index (κ3) is 5.41. The Morgan fingerprint density at radius 2 is 1.86 bits per heavy atom. The van der Waals surface area contributed by atoms with Gasteiger partial charge in [0.25, 0.3) is 0 Å². The van der Waals surface area contributed by atoms with Crippen molar-refractivity contribution in [1.29, 1.82) is 0 Å². The summed E-state index contributed by atoms with van der Waals surface area (Å²) in [5, 5.41) is 12.0. The molecule has 9 heteroatoms. The van der Waals surface area contributed by atoms with Crippen molar-refractivity contribution < 1.29 is 19.0 Å². The Balaban J connectivity index is 1.14. The molecule has 0 spiro atoms. The van der Waals surface area contributed by atoms with Crippen molar-refractivity contribution >= 4 is 23.4 Å². The van der Waals surface area contributed by atoms with Gasteiger partial charge in [0, 0.05) is 12.7 Å². The monoisotopic (exact) mass is 488 g/mol. The molecule has 0 saturated carbocycles. The van der Waals surface area contributed by atoms with E-state index in [1.807, 2.05) is 91.3 Å². The molecule has 1 atom stereocenters. The lowest BCUT2D eigenvalue weighted by Crippen LogP contribution is -2.24. The Bertz CT molecular complexity index is 1340. The van der Waals surface area contributed by atoms with Crippen molar-refractivity contribution in [3.63, 3.8) is 0 Å². The zero-order chi connectivity index (χ0) is 24.2. The summed E-state index contributed by atoms with van der Waals surface area (Å²) >= 11 is 1.31. The Kier molecular flexibility index (Phi) is 6.58. The lowest BCUT2D eigenvalue weighted by Gasteiger charge is -2.25. The van der Waals surface area contributed by atoms with Gasteiger partial charge < -0.3 is 24.1 Å². The maximum Gasteiger partial charge on any atom is 0.234 e. The first kappa shape index (κ1) is 22.8. The fraction of sp³-hybridized carbons (Fsp3) is 0.192. The van der Waals surface area contributed by atoms with E-state index in [-0.39, 0.29) is 17.8 Å². The number of fused-ring (bicyclic) bond motifs is 1. The number of carbonyl (C=O) groups is 1.